The third-order valence-corrected chi connectivity index (χ3v) is 8.11. The molecule has 0 aliphatic carbocycles. The SMILES string of the molecule is C[C@H](CCc1ccccc1)NC(=O)CSc1nc2cc(S(=O)(=O)N3CCOCC3)ccc2o1. The number of hydrogen-bond donors (Lipinski definition) is 1. The van der Waals surface area contributed by atoms with E-state index in [-0.39, 0.29) is 22.6 Å². The van der Waals surface area contributed by atoms with Crippen LogP contribution in [0.25, 0.3) is 11.1 Å². The first-order chi connectivity index (χ1) is 15.9. The fraction of sp³-hybridized carbons (Fsp3) is 0.391. The molecule has 4 rings (SSSR count). The molecule has 176 valence electrons. The lowest BCUT2D eigenvalue weighted by Crippen LogP contribution is -2.40. The summed E-state index contributed by atoms with van der Waals surface area (Å²) in [5, 5.41) is 3.33. The molecule has 0 radical (unpaired) electrons. The van der Waals surface area contributed by atoms with E-state index >= 15 is 0 Å². The van der Waals surface area contributed by atoms with Crippen LogP contribution in [0.15, 0.2) is 63.1 Å². The maximum Gasteiger partial charge on any atom is 0.257 e. The van der Waals surface area contributed by atoms with Crippen LogP contribution >= 0.6 is 11.8 Å². The van der Waals surface area contributed by atoms with Gasteiger partial charge in [-0.05, 0) is 43.5 Å². The number of morpholine rings is 1. The summed E-state index contributed by atoms with van der Waals surface area (Å²) in [6.45, 7) is 3.43. The number of aromatic nitrogens is 1. The molecular weight excluding hydrogens is 462 g/mol. The van der Waals surface area contributed by atoms with Crippen molar-refractivity contribution in [2.45, 2.75) is 35.9 Å². The van der Waals surface area contributed by atoms with E-state index in [2.05, 4.69) is 22.4 Å². The lowest BCUT2D eigenvalue weighted by molar-refractivity contribution is -0.119. The van der Waals surface area contributed by atoms with Gasteiger partial charge >= 0.3 is 0 Å². The number of carbonyl (C=O) groups excluding carboxylic acids is 1. The van der Waals surface area contributed by atoms with Gasteiger partial charge < -0.3 is 14.5 Å². The number of ether oxygens (including phenoxy) is 1. The molecule has 3 aromatic rings. The summed E-state index contributed by atoms with van der Waals surface area (Å²) in [7, 11) is -3.61. The molecule has 1 aliphatic rings. The molecule has 33 heavy (non-hydrogen) atoms. The van der Waals surface area contributed by atoms with Gasteiger partial charge in [-0.15, -0.1) is 0 Å². The van der Waals surface area contributed by atoms with E-state index in [9.17, 15) is 13.2 Å². The van der Waals surface area contributed by atoms with Crippen LogP contribution in [-0.2, 0) is 26.0 Å². The number of oxazole rings is 1. The summed E-state index contributed by atoms with van der Waals surface area (Å²) >= 11 is 1.19. The third kappa shape index (κ3) is 6.14. The highest BCUT2D eigenvalue weighted by Gasteiger charge is 2.27. The second-order valence-electron chi connectivity index (χ2n) is 7.91. The Morgan fingerprint density at radius 1 is 1.18 bits per heavy atom. The molecule has 0 unspecified atom stereocenters. The molecule has 0 spiro atoms. The van der Waals surface area contributed by atoms with Crippen LogP contribution in [0, 0.1) is 0 Å². The average Bonchev–Trinajstić information content (AvgIpc) is 3.25. The summed E-state index contributed by atoms with van der Waals surface area (Å²) in [5.41, 5.74) is 2.17. The van der Waals surface area contributed by atoms with E-state index in [0.29, 0.717) is 42.6 Å². The number of sulfonamides is 1. The van der Waals surface area contributed by atoms with Crippen molar-refractivity contribution in [2.24, 2.45) is 0 Å². The zero-order chi connectivity index (χ0) is 23.3. The molecule has 1 saturated heterocycles. The quantitative estimate of drug-likeness (QED) is 0.461. The van der Waals surface area contributed by atoms with Gasteiger partial charge in [0.1, 0.15) is 5.52 Å². The van der Waals surface area contributed by atoms with Crippen molar-refractivity contribution in [1.82, 2.24) is 14.6 Å². The highest BCUT2D eigenvalue weighted by atomic mass is 32.2. The predicted molar refractivity (Wildman–Crippen MR) is 127 cm³/mol. The number of fused-ring (bicyclic) bond motifs is 1. The molecule has 0 saturated carbocycles. The van der Waals surface area contributed by atoms with Gasteiger partial charge in [0, 0.05) is 19.1 Å². The predicted octanol–water partition coefficient (Wildman–Crippen LogP) is 3.08. The fourth-order valence-corrected chi connectivity index (χ4v) is 5.67. The monoisotopic (exact) mass is 489 g/mol. The zero-order valence-electron chi connectivity index (χ0n) is 18.4. The fourth-order valence-electron chi connectivity index (χ4n) is 3.59. The van der Waals surface area contributed by atoms with Crippen molar-refractivity contribution in [3.63, 3.8) is 0 Å². The molecule has 1 atom stereocenters. The first kappa shape index (κ1) is 23.7. The normalized spacial score (nSPS) is 16.0. The first-order valence-corrected chi connectivity index (χ1v) is 13.3. The molecular formula is C23H27N3O5S2. The summed E-state index contributed by atoms with van der Waals surface area (Å²) in [5.74, 6) is 0.0694. The summed E-state index contributed by atoms with van der Waals surface area (Å²) in [6.07, 6.45) is 1.75. The minimum atomic E-state index is -3.61. The minimum absolute atomic E-state index is 0.0508. The molecule has 1 amide bonds. The molecule has 10 heteroatoms. The summed E-state index contributed by atoms with van der Waals surface area (Å²) in [4.78, 5) is 16.9. The lowest BCUT2D eigenvalue weighted by atomic mass is 10.1. The van der Waals surface area contributed by atoms with E-state index < -0.39 is 10.0 Å². The van der Waals surface area contributed by atoms with E-state index in [4.69, 9.17) is 9.15 Å². The van der Waals surface area contributed by atoms with Crippen LogP contribution in [0.5, 0.6) is 0 Å². The molecule has 1 aromatic heterocycles. The Labute approximate surface area is 197 Å². The lowest BCUT2D eigenvalue weighted by Gasteiger charge is -2.25. The Balaban J connectivity index is 1.32. The van der Waals surface area contributed by atoms with E-state index in [0.717, 1.165) is 12.8 Å². The van der Waals surface area contributed by atoms with Crippen molar-refractivity contribution in [2.75, 3.05) is 32.1 Å². The number of thioether (sulfide) groups is 1. The van der Waals surface area contributed by atoms with E-state index in [1.165, 1.54) is 33.8 Å². The van der Waals surface area contributed by atoms with Crippen LogP contribution in [0.1, 0.15) is 18.9 Å². The van der Waals surface area contributed by atoms with E-state index in [1.807, 2.05) is 25.1 Å². The van der Waals surface area contributed by atoms with Gasteiger partial charge in [0.2, 0.25) is 15.9 Å². The largest absolute Gasteiger partial charge is 0.431 e. The van der Waals surface area contributed by atoms with Gasteiger partial charge in [-0.1, -0.05) is 42.1 Å². The topological polar surface area (TPSA) is 102 Å². The molecule has 8 nitrogen and oxygen atoms in total. The highest BCUT2D eigenvalue weighted by Crippen LogP contribution is 2.27. The zero-order valence-corrected chi connectivity index (χ0v) is 20.0. The number of amides is 1. The van der Waals surface area contributed by atoms with Gasteiger partial charge in [0.25, 0.3) is 5.22 Å². The third-order valence-electron chi connectivity index (χ3n) is 5.39. The van der Waals surface area contributed by atoms with Crippen LogP contribution in [-0.4, -0.2) is 61.7 Å². The molecule has 1 aliphatic heterocycles. The number of benzene rings is 2. The standard InChI is InChI=1S/C23H27N3O5S2/c1-17(7-8-18-5-3-2-4-6-18)24-22(27)16-32-23-25-20-15-19(9-10-21(20)31-23)33(28,29)26-11-13-30-14-12-26/h2-6,9-10,15,17H,7-8,11-14,16H2,1H3,(H,24,27)/t17-/m1/s1. The van der Waals surface area contributed by atoms with Crippen LogP contribution in [0.2, 0.25) is 0 Å². The molecule has 1 N–H and O–H groups in total. The number of aryl methyl sites for hydroxylation is 1. The van der Waals surface area contributed by atoms with Crippen LogP contribution in [0.3, 0.4) is 0 Å². The molecule has 0 bridgehead atoms. The molecule has 2 aromatic carbocycles. The van der Waals surface area contributed by atoms with Crippen LogP contribution in [0.4, 0.5) is 0 Å². The molecule has 1 fully saturated rings. The number of carbonyl (C=O) groups is 1. The van der Waals surface area contributed by atoms with Gasteiger partial charge in [0.05, 0.1) is 23.9 Å². The number of nitrogens with zero attached hydrogens (tertiary/aromatic N) is 2. The number of rotatable bonds is 9. The summed E-state index contributed by atoms with van der Waals surface area (Å²) < 4.78 is 38.0. The van der Waals surface area contributed by atoms with Crippen molar-refractivity contribution >= 4 is 38.8 Å². The summed E-state index contributed by atoms with van der Waals surface area (Å²) in [6, 6.07) is 14.9. The van der Waals surface area contributed by atoms with Gasteiger partial charge in [-0.3, -0.25) is 4.79 Å². The maximum absolute atomic E-state index is 12.9. The van der Waals surface area contributed by atoms with Crippen molar-refractivity contribution in [3.05, 3.63) is 54.1 Å². The van der Waals surface area contributed by atoms with Crippen molar-refractivity contribution in [3.8, 4) is 0 Å². The van der Waals surface area contributed by atoms with Gasteiger partial charge in [-0.2, -0.15) is 4.31 Å². The van der Waals surface area contributed by atoms with Crippen molar-refractivity contribution in [1.29, 1.82) is 0 Å². The Morgan fingerprint density at radius 3 is 2.70 bits per heavy atom. The van der Waals surface area contributed by atoms with Crippen molar-refractivity contribution < 1.29 is 22.4 Å². The Hall–Kier alpha value is -2.40. The van der Waals surface area contributed by atoms with E-state index in [1.54, 1.807) is 6.07 Å². The Bertz CT molecular complexity index is 1190. The Morgan fingerprint density at radius 2 is 1.94 bits per heavy atom. The second kappa shape index (κ2) is 10.7. The number of nitrogens with one attached hydrogen (secondary N) is 1. The smallest absolute Gasteiger partial charge is 0.257 e. The van der Waals surface area contributed by atoms with Crippen LogP contribution < -0.4 is 5.32 Å². The maximum atomic E-state index is 12.9. The Kier molecular flexibility index (Phi) is 7.69. The molecule has 2 heterocycles. The van der Waals surface area contributed by atoms with Gasteiger partial charge in [-0.25, -0.2) is 13.4 Å². The average molecular weight is 490 g/mol. The first-order valence-electron chi connectivity index (χ1n) is 10.9. The number of hydrogen-bond acceptors (Lipinski definition) is 7. The van der Waals surface area contributed by atoms with Gasteiger partial charge in [0.15, 0.2) is 5.58 Å². The highest BCUT2D eigenvalue weighted by molar-refractivity contribution is 7.99. The second-order valence-corrected chi connectivity index (χ2v) is 10.8. The minimum Gasteiger partial charge on any atom is -0.431 e.